The number of anilines is 1. The van der Waals surface area contributed by atoms with Crippen molar-refractivity contribution in [2.24, 2.45) is 5.10 Å². The normalized spacial score (nSPS) is 11.1. The van der Waals surface area contributed by atoms with E-state index >= 15 is 0 Å². The lowest BCUT2D eigenvalue weighted by Crippen LogP contribution is -2.22. The van der Waals surface area contributed by atoms with Gasteiger partial charge in [0.25, 0.3) is 5.56 Å². The summed E-state index contributed by atoms with van der Waals surface area (Å²) in [5.41, 5.74) is 4.45. The van der Waals surface area contributed by atoms with Crippen LogP contribution in [0.3, 0.4) is 0 Å². The molecule has 0 amide bonds. The minimum Gasteiger partial charge on any atom is -0.268 e. The maximum atomic E-state index is 13.3. The number of benzene rings is 3. The molecular formula is C21H15FN4O. The van der Waals surface area contributed by atoms with Crippen molar-refractivity contribution >= 4 is 23.1 Å². The Morgan fingerprint density at radius 2 is 1.74 bits per heavy atom. The highest BCUT2D eigenvalue weighted by Gasteiger charge is 2.11. The van der Waals surface area contributed by atoms with Crippen LogP contribution in [0.15, 0.2) is 88.8 Å². The monoisotopic (exact) mass is 358 g/mol. The number of fused-ring (bicyclic) bond motifs is 1. The van der Waals surface area contributed by atoms with Crippen molar-refractivity contribution in [3.8, 4) is 5.69 Å². The Balaban J connectivity index is 1.80. The van der Waals surface area contributed by atoms with E-state index in [2.05, 4.69) is 15.5 Å². The second kappa shape index (κ2) is 7.21. The Kier molecular flexibility index (Phi) is 4.45. The van der Waals surface area contributed by atoms with Crippen LogP contribution in [-0.4, -0.2) is 15.8 Å². The van der Waals surface area contributed by atoms with Crippen molar-refractivity contribution in [3.05, 3.63) is 101 Å². The van der Waals surface area contributed by atoms with Gasteiger partial charge in [0.2, 0.25) is 5.95 Å². The van der Waals surface area contributed by atoms with Crippen LogP contribution in [0, 0.1) is 5.82 Å². The molecular weight excluding hydrogens is 343 g/mol. The smallest absolute Gasteiger partial charge is 0.267 e. The molecule has 0 saturated carbocycles. The molecule has 0 bridgehead atoms. The Bertz CT molecular complexity index is 1190. The highest BCUT2D eigenvalue weighted by atomic mass is 19.1. The molecule has 4 rings (SSSR count). The van der Waals surface area contributed by atoms with Crippen LogP contribution in [0.5, 0.6) is 0 Å². The molecule has 1 aromatic heterocycles. The molecule has 0 saturated heterocycles. The fourth-order valence-electron chi connectivity index (χ4n) is 2.78. The molecule has 0 radical (unpaired) electrons. The number of hydrogen-bond acceptors (Lipinski definition) is 4. The molecule has 0 aliphatic carbocycles. The Labute approximate surface area is 154 Å². The van der Waals surface area contributed by atoms with E-state index in [-0.39, 0.29) is 17.3 Å². The van der Waals surface area contributed by atoms with E-state index in [4.69, 9.17) is 0 Å². The molecule has 6 heteroatoms. The first-order chi connectivity index (χ1) is 13.2. The number of rotatable bonds is 4. The first kappa shape index (κ1) is 16.7. The standard InChI is InChI=1S/C21H15FN4O/c22-16-8-6-7-15(13-16)14-23-25-21-24-19-12-5-4-11-18(19)20(27)26(21)17-9-2-1-3-10-17/h1-14H,(H,24,25). The minimum absolute atomic E-state index is 0.199. The van der Waals surface area contributed by atoms with Gasteiger partial charge in [0.05, 0.1) is 22.8 Å². The number of para-hydroxylation sites is 2. The van der Waals surface area contributed by atoms with Gasteiger partial charge in [-0.25, -0.2) is 19.4 Å². The summed E-state index contributed by atoms with van der Waals surface area (Å²) in [6.07, 6.45) is 1.47. The molecule has 4 aromatic rings. The molecule has 27 heavy (non-hydrogen) atoms. The van der Waals surface area contributed by atoms with Crippen molar-refractivity contribution in [1.82, 2.24) is 9.55 Å². The first-order valence-corrected chi connectivity index (χ1v) is 8.34. The summed E-state index contributed by atoms with van der Waals surface area (Å²) in [6.45, 7) is 0. The highest BCUT2D eigenvalue weighted by Crippen LogP contribution is 2.16. The summed E-state index contributed by atoms with van der Waals surface area (Å²) >= 11 is 0. The quantitative estimate of drug-likeness (QED) is 0.444. The van der Waals surface area contributed by atoms with E-state index < -0.39 is 0 Å². The van der Waals surface area contributed by atoms with Crippen LogP contribution in [0.25, 0.3) is 16.6 Å². The zero-order valence-electron chi connectivity index (χ0n) is 14.2. The van der Waals surface area contributed by atoms with Crippen molar-refractivity contribution in [1.29, 1.82) is 0 Å². The summed E-state index contributed by atoms with van der Waals surface area (Å²) in [5, 5.41) is 4.64. The van der Waals surface area contributed by atoms with Crippen molar-refractivity contribution < 1.29 is 4.39 Å². The summed E-state index contributed by atoms with van der Waals surface area (Å²) in [4.78, 5) is 17.5. The van der Waals surface area contributed by atoms with Crippen LogP contribution in [0.4, 0.5) is 10.3 Å². The molecule has 1 N–H and O–H groups in total. The number of hydrazone groups is 1. The summed E-state index contributed by atoms with van der Waals surface area (Å²) in [5.74, 6) is -0.0680. The average molecular weight is 358 g/mol. The van der Waals surface area contributed by atoms with E-state index in [1.807, 2.05) is 36.4 Å². The number of halogens is 1. The van der Waals surface area contributed by atoms with Gasteiger partial charge in [-0.05, 0) is 42.0 Å². The fourth-order valence-corrected chi connectivity index (χ4v) is 2.78. The van der Waals surface area contributed by atoms with Crippen LogP contribution in [0.2, 0.25) is 0 Å². The predicted octanol–water partition coefficient (Wildman–Crippen LogP) is 3.97. The molecule has 132 valence electrons. The zero-order valence-corrected chi connectivity index (χ0v) is 14.2. The molecule has 1 heterocycles. The third kappa shape index (κ3) is 3.46. The van der Waals surface area contributed by atoms with Gasteiger partial charge in [0.1, 0.15) is 5.82 Å². The van der Waals surface area contributed by atoms with E-state index in [1.165, 1.54) is 22.9 Å². The SMILES string of the molecule is O=c1c2ccccc2nc(NN=Cc2cccc(F)c2)n1-c1ccccc1. The number of nitrogens with one attached hydrogen (secondary N) is 1. The van der Waals surface area contributed by atoms with Gasteiger partial charge in [0.15, 0.2) is 0 Å². The number of nitrogens with zero attached hydrogens (tertiary/aromatic N) is 3. The van der Waals surface area contributed by atoms with Crippen LogP contribution < -0.4 is 11.0 Å². The second-order valence-corrected chi connectivity index (χ2v) is 5.85. The summed E-state index contributed by atoms with van der Waals surface area (Å²) in [6, 6.07) is 22.4. The minimum atomic E-state index is -0.344. The predicted molar refractivity (Wildman–Crippen MR) is 105 cm³/mol. The molecule has 5 nitrogen and oxygen atoms in total. The summed E-state index contributed by atoms with van der Waals surface area (Å²) in [7, 11) is 0. The van der Waals surface area contributed by atoms with Gasteiger partial charge in [-0.3, -0.25) is 4.79 Å². The van der Waals surface area contributed by atoms with Crippen molar-refractivity contribution in [3.63, 3.8) is 0 Å². The van der Waals surface area contributed by atoms with E-state index in [0.717, 1.165) is 0 Å². The van der Waals surface area contributed by atoms with Gasteiger partial charge < -0.3 is 0 Å². The zero-order chi connectivity index (χ0) is 18.6. The molecule has 0 fully saturated rings. The van der Waals surface area contributed by atoms with E-state index in [0.29, 0.717) is 22.2 Å². The van der Waals surface area contributed by atoms with Crippen LogP contribution in [-0.2, 0) is 0 Å². The van der Waals surface area contributed by atoms with Gasteiger partial charge in [-0.15, -0.1) is 0 Å². The Hall–Kier alpha value is -3.80. The topological polar surface area (TPSA) is 59.3 Å². The lowest BCUT2D eigenvalue weighted by atomic mass is 10.2. The fraction of sp³-hybridized carbons (Fsp3) is 0. The molecule has 0 aliphatic heterocycles. The number of hydrogen-bond donors (Lipinski definition) is 1. The van der Waals surface area contributed by atoms with Crippen molar-refractivity contribution in [2.45, 2.75) is 0 Å². The van der Waals surface area contributed by atoms with Gasteiger partial charge in [-0.2, -0.15) is 5.10 Å². The van der Waals surface area contributed by atoms with E-state index in [1.54, 1.807) is 30.3 Å². The van der Waals surface area contributed by atoms with Gasteiger partial charge in [-0.1, -0.05) is 42.5 Å². The van der Waals surface area contributed by atoms with E-state index in [9.17, 15) is 9.18 Å². The maximum absolute atomic E-state index is 13.3. The maximum Gasteiger partial charge on any atom is 0.267 e. The lowest BCUT2D eigenvalue weighted by molar-refractivity contribution is 0.627. The molecule has 0 aliphatic rings. The Morgan fingerprint density at radius 1 is 0.963 bits per heavy atom. The first-order valence-electron chi connectivity index (χ1n) is 8.34. The highest BCUT2D eigenvalue weighted by molar-refractivity contribution is 5.81. The van der Waals surface area contributed by atoms with Crippen LogP contribution in [0.1, 0.15) is 5.56 Å². The Morgan fingerprint density at radius 3 is 2.56 bits per heavy atom. The average Bonchev–Trinajstić information content (AvgIpc) is 2.69. The largest absolute Gasteiger partial charge is 0.268 e. The van der Waals surface area contributed by atoms with Crippen LogP contribution >= 0.6 is 0 Å². The summed E-state index contributed by atoms with van der Waals surface area (Å²) < 4.78 is 14.8. The lowest BCUT2D eigenvalue weighted by Gasteiger charge is -2.12. The third-order valence-electron chi connectivity index (χ3n) is 4.02. The van der Waals surface area contributed by atoms with Gasteiger partial charge in [0, 0.05) is 0 Å². The second-order valence-electron chi connectivity index (χ2n) is 5.85. The molecule has 0 spiro atoms. The van der Waals surface area contributed by atoms with Gasteiger partial charge >= 0.3 is 0 Å². The molecule has 0 unspecified atom stereocenters. The molecule has 3 aromatic carbocycles. The number of aromatic nitrogens is 2. The van der Waals surface area contributed by atoms with Crippen molar-refractivity contribution in [2.75, 3.05) is 5.43 Å². The third-order valence-corrected chi connectivity index (χ3v) is 4.02. The molecule has 0 atom stereocenters.